The van der Waals surface area contributed by atoms with Gasteiger partial charge in [0.1, 0.15) is 17.5 Å². The normalized spacial score (nSPS) is 10.6. The Balaban J connectivity index is 1.87. The molecule has 0 aliphatic heterocycles. The molecule has 0 amide bonds. The first kappa shape index (κ1) is 17.4. The van der Waals surface area contributed by atoms with Gasteiger partial charge in [-0.25, -0.2) is 4.98 Å². The minimum Gasteiger partial charge on any atom is -0.383 e. The van der Waals surface area contributed by atoms with Crippen molar-refractivity contribution in [2.75, 3.05) is 5.73 Å². The molecule has 0 bridgehead atoms. The van der Waals surface area contributed by atoms with Crippen molar-refractivity contribution in [2.24, 2.45) is 7.05 Å². The van der Waals surface area contributed by atoms with Gasteiger partial charge in [-0.15, -0.1) is 0 Å². The fourth-order valence-electron chi connectivity index (χ4n) is 3.33. The molecule has 28 heavy (non-hydrogen) atoms. The topological polar surface area (TPSA) is 93.4 Å². The summed E-state index contributed by atoms with van der Waals surface area (Å²) >= 11 is 0. The molecule has 3 aromatic heterocycles. The molecule has 0 spiro atoms. The Bertz CT molecular complexity index is 1180. The molecule has 3 heterocycles. The summed E-state index contributed by atoms with van der Waals surface area (Å²) in [7, 11) is 1.85. The van der Waals surface area contributed by atoms with Crippen molar-refractivity contribution in [2.45, 2.75) is 6.92 Å². The van der Waals surface area contributed by atoms with Crippen LogP contribution in [0.2, 0.25) is 0 Å². The molecule has 0 saturated heterocycles. The molecule has 2 N–H and O–H groups in total. The average Bonchev–Trinajstić information content (AvgIpc) is 3.16. The lowest BCUT2D eigenvalue weighted by molar-refractivity contribution is 0.768. The third-order valence-corrected chi connectivity index (χ3v) is 4.69. The van der Waals surface area contributed by atoms with E-state index >= 15 is 0 Å². The Morgan fingerprint density at radius 2 is 1.79 bits per heavy atom. The van der Waals surface area contributed by atoms with E-state index in [-0.39, 0.29) is 5.82 Å². The van der Waals surface area contributed by atoms with E-state index in [0.717, 1.165) is 39.2 Å². The van der Waals surface area contributed by atoms with Crippen molar-refractivity contribution in [1.29, 1.82) is 5.26 Å². The van der Waals surface area contributed by atoms with E-state index in [1.54, 1.807) is 17.1 Å². The lowest BCUT2D eigenvalue weighted by Crippen LogP contribution is -2.03. The van der Waals surface area contributed by atoms with Gasteiger partial charge in [0.2, 0.25) is 0 Å². The van der Waals surface area contributed by atoms with Crippen LogP contribution >= 0.6 is 0 Å². The van der Waals surface area contributed by atoms with Crippen molar-refractivity contribution in [3.63, 3.8) is 0 Å². The first-order valence-electron chi connectivity index (χ1n) is 8.79. The van der Waals surface area contributed by atoms with Gasteiger partial charge in [-0.1, -0.05) is 30.3 Å². The fraction of sp³-hybridized carbons (Fsp3) is 0.0909. The predicted molar refractivity (Wildman–Crippen MR) is 109 cm³/mol. The zero-order valence-electron chi connectivity index (χ0n) is 15.6. The van der Waals surface area contributed by atoms with Gasteiger partial charge in [-0.05, 0) is 30.2 Å². The number of nitrogen functional groups attached to an aromatic ring is 1. The van der Waals surface area contributed by atoms with E-state index in [1.165, 1.54) is 0 Å². The Kier molecular flexibility index (Phi) is 4.34. The molecule has 136 valence electrons. The van der Waals surface area contributed by atoms with Crippen LogP contribution in [0.5, 0.6) is 0 Å². The summed E-state index contributed by atoms with van der Waals surface area (Å²) in [5.74, 6) is 0.218. The smallest absolute Gasteiger partial charge is 0.142 e. The minimum atomic E-state index is 0.218. The number of rotatable bonds is 3. The number of benzene rings is 1. The molecule has 1 aromatic carbocycles. The number of aryl methyl sites for hydroxylation is 1. The van der Waals surface area contributed by atoms with E-state index in [9.17, 15) is 5.26 Å². The quantitative estimate of drug-likeness (QED) is 0.592. The maximum Gasteiger partial charge on any atom is 0.142 e. The second-order valence-electron chi connectivity index (χ2n) is 6.53. The van der Waals surface area contributed by atoms with Crippen molar-refractivity contribution >= 4 is 5.82 Å². The fourth-order valence-corrected chi connectivity index (χ4v) is 3.33. The van der Waals surface area contributed by atoms with Gasteiger partial charge in [0.05, 0.1) is 17.6 Å². The highest BCUT2D eigenvalue weighted by atomic mass is 15.2. The SMILES string of the molecule is Cc1c(-c2cnn(C)c2)nc(N)c(C#N)c1-c1ccc(-c2ccccn2)cc1. The van der Waals surface area contributed by atoms with Crippen molar-refractivity contribution in [3.05, 3.63) is 72.2 Å². The van der Waals surface area contributed by atoms with Gasteiger partial charge >= 0.3 is 0 Å². The standard InChI is InChI=1S/C22H18N6/c1-14-20(16-8-6-15(7-9-16)19-5-3-4-10-25-19)18(11-23)22(24)27-21(14)17-12-26-28(2)13-17/h3-10,12-13H,1-2H3,(H2,24,27). The highest BCUT2D eigenvalue weighted by Gasteiger charge is 2.19. The van der Waals surface area contributed by atoms with E-state index in [0.29, 0.717) is 5.56 Å². The van der Waals surface area contributed by atoms with Crippen LogP contribution < -0.4 is 5.73 Å². The highest BCUT2D eigenvalue weighted by Crippen LogP contribution is 2.36. The van der Waals surface area contributed by atoms with Gasteiger partial charge in [0.25, 0.3) is 0 Å². The van der Waals surface area contributed by atoms with Crippen molar-refractivity contribution in [3.8, 4) is 39.7 Å². The third kappa shape index (κ3) is 2.99. The van der Waals surface area contributed by atoms with Crippen LogP contribution in [-0.2, 0) is 7.05 Å². The van der Waals surface area contributed by atoms with Gasteiger partial charge in [-0.2, -0.15) is 10.4 Å². The molecule has 4 aromatic rings. The first-order chi connectivity index (χ1) is 13.6. The van der Waals surface area contributed by atoms with E-state index in [4.69, 9.17) is 5.73 Å². The minimum absolute atomic E-state index is 0.218. The number of nitrogens with two attached hydrogens (primary N) is 1. The Hall–Kier alpha value is -3.98. The zero-order chi connectivity index (χ0) is 19.7. The van der Waals surface area contributed by atoms with Crippen molar-refractivity contribution < 1.29 is 0 Å². The monoisotopic (exact) mass is 366 g/mol. The molecular formula is C22H18N6. The van der Waals surface area contributed by atoms with Crippen LogP contribution in [0.15, 0.2) is 61.1 Å². The largest absolute Gasteiger partial charge is 0.383 e. The van der Waals surface area contributed by atoms with Gasteiger partial charge in [0.15, 0.2) is 0 Å². The molecule has 4 rings (SSSR count). The number of nitriles is 1. The molecular weight excluding hydrogens is 348 g/mol. The second kappa shape index (κ2) is 6.97. The van der Waals surface area contributed by atoms with Crippen LogP contribution in [0.25, 0.3) is 33.6 Å². The Morgan fingerprint density at radius 1 is 1.04 bits per heavy atom. The number of nitrogens with zero attached hydrogens (tertiary/aromatic N) is 5. The summed E-state index contributed by atoms with van der Waals surface area (Å²) in [6.07, 6.45) is 5.40. The summed E-state index contributed by atoms with van der Waals surface area (Å²) in [5, 5.41) is 13.9. The zero-order valence-corrected chi connectivity index (χ0v) is 15.6. The number of hydrogen-bond acceptors (Lipinski definition) is 5. The van der Waals surface area contributed by atoms with Crippen LogP contribution in [0.1, 0.15) is 11.1 Å². The van der Waals surface area contributed by atoms with Crippen LogP contribution in [0.3, 0.4) is 0 Å². The van der Waals surface area contributed by atoms with Crippen LogP contribution in [0, 0.1) is 18.3 Å². The number of pyridine rings is 2. The van der Waals surface area contributed by atoms with Gasteiger partial charge in [-0.3, -0.25) is 9.67 Å². The van der Waals surface area contributed by atoms with E-state index in [1.807, 2.05) is 62.6 Å². The second-order valence-corrected chi connectivity index (χ2v) is 6.53. The van der Waals surface area contributed by atoms with Crippen LogP contribution in [0.4, 0.5) is 5.82 Å². The molecule has 0 radical (unpaired) electrons. The van der Waals surface area contributed by atoms with Gasteiger partial charge < -0.3 is 5.73 Å². The summed E-state index contributed by atoms with van der Waals surface area (Å²) < 4.78 is 1.71. The third-order valence-electron chi connectivity index (χ3n) is 4.69. The summed E-state index contributed by atoms with van der Waals surface area (Å²) in [5.41, 5.74) is 12.6. The predicted octanol–water partition coefficient (Wildman–Crippen LogP) is 3.97. The summed E-state index contributed by atoms with van der Waals surface area (Å²) in [4.78, 5) is 8.85. The van der Waals surface area contributed by atoms with Crippen molar-refractivity contribution in [1.82, 2.24) is 19.7 Å². The molecule has 0 atom stereocenters. The first-order valence-corrected chi connectivity index (χ1v) is 8.79. The molecule has 0 saturated carbocycles. The average molecular weight is 366 g/mol. The molecule has 0 fully saturated rings. The summed E-state index contributed by atoms with van der Waals surface area (Å²) in [6.45, 7) is 1.96. The molecule has 6 heteroatoms. The van der Waals surface area contributed by atoms with Crippen LogP contribution in [-0.4, -0.2) is 19.7 Å². The number of aromatic nitrogens is 4. The lowest BCUT2D eigenvalue weighted by atomic mass is 9.92. The highest BCUT2D eigenvalue weighted by molar-refractivity contribution is 5.84. The Morgan fingerprint density at radius 3 is 2.39 bits per heavy atom. The van der Waals surface area contributed by atoms with Gasteiger partial charge in [0, 0.05) is 36.1 Å². The lowest BCUT2D eigenvalue weighted by Gasteiger charge is -2.14. The maximum absolute atomic E-state index is 9.69. The number of hydrogen-bond donors (Lipinski definition) is 1. The summed E-state index contributed by atoms with van der Waals surface area (Å²) in [6, 6.07) is 16.0. The molecule has 0 aliphatic carbocycles. The molecule has 0 unspecified atom stereocenters. The van der Waals surface area contributed by atoms with E-state index in [2.05, 4.69) is 21.1 Å². The number of anilines is 1. The maximum atomic E-state index is 9.69. The molecule has 0 aliphatic rings. The Labute approximate surface area is 162 Å². The molecule has 6 nitrogen and oxygen atoms in total. The van der Waals surface area contributed by atoms with E-state index < -0.39 is 0 Å².